The average molecular weight is 287 g/mol. The molecule has 0 aromatic heterocycles. The second-order valence-electron chi connectivity index (χ2n) is 5.13. The lowest BCUT2D eigenvalue weighted by Gasteiger charge is -2.38. The van der Waals surface area contributed by atoms with Crippen LogP contribution in [0.15, 0.2) is 18.2 Å². The molecule has 0 spiro atoms. The quantitative estimate of drug-likeness (QED) is 0.918. The van der Waals surface area contributed by atoms with Crippen molar-refractivity contribution in [1.82, 2.24) is 4.90 Å². The van der Waals surface area contributed by atoms with Crippen molar-refractivity contribution >= 4 is 23.2 Å². The molecule has 0 aliphatic carbocycles. The van der Waals surface area contributed by atoms with E-state index in [1.165, 1.54) is 19.3 Å². The van der Waals surface area contributed by atoms with Gasteiger partial charge in [0.25, 0.3) is 0 Å². The monoisotopic (exact) mass is 286 g/mol. The maximum absolute atomic E-state index is 6.23. The van der Waals surface area contributed by atoms with Crippen LogP contribution in [0.3, 0.4) is 0 Å². The van der Waals surface area contributed by atoms with Gasteiger partial charge in [0.2, 0.25) is 0 Å². The minimum absolute atomic E-state index is 0.197. The highest BCUT2D eigenvalue weighted by atomic mass is 35.5. The fourth-order valence-electron chi connectivity index (χ4n) is 2.69. The summed E-state index contributed by atoms with van der Waals surface area (Å²) in [5.41, 5.74) is 7.17. The molecular weight excluding hydrogens is 267 g/mol. The van der Waals surface area contributed by atoms with Crippen molar-refractivity contribution < 1.29 is 0 Å². The van der Waals surface area contributed by atoms with Gasteiger partial charge >= 0.3 is 0 Å². The molecule has 2 rings (SSSR count). The van der Waals surface area contributed by atoms with Gasteiger partial charge in [0, 0.05) is 28.7 Å². The standard InChI is InChI=1S/C14H20Cl2N2/c1-10(17)14-4-2-3-7-18(14)9-11-8-12(15)5-6-13(11)16/h5-6,8,10,14H,2-4,7,9,17H2,1H3. The molecule has 1 aliphatic rings. The molecule has 0 saturated carbocycles. The first-order valence-corrected chi connectivity index (χ1v) is 7.27. The molecule has 2 atom stereocenters. The number of nitrogens with two attached hydrogens (primary N) is 1. The number of likely N-dealkylation sites (tertiary alicyclic amines) is 1. The fourth-order valence-corrected chi connectivity index (χ4v) is 3.06. The molecule has 2 unspecified atom stereocenters. The highest BCUT2D eigenvalue weighted by Crippen LogP contribution is 2.26. The highest BCUT2D eigenvalue weighted by molar-refractivity contribution is 6.33. The van der Waals surface area contributed by atoms with E-state index in [1.807, 2.05) is 18.2 Å². The maximum Gasteiger partial charge on any atom is 0.0452 e. The number of hydrogen-bond donors (Lipinski definition) is 1. The molecule has 1 saturated heterocycles. The Hall–Kier alpha value is -0.280. The van der Waals surface area contributed by atoms with Crippen LogP contribution in [0.2, 0.25) is 10.0 Å². The van der Waals surface area contributed by atoms with Crippen LogP contribution < -0.4 is 5.73 Å². The van der Waals surface area contributed by atoms with E-state index in [4.69, 9.17) is 28.9 Å². The van der Waals surface area contributed by atoms with Gasteiger partial charge in [0.15, 0.2) is 0 Å². The first kappa shape index (κ1) is 14.1. The molecule has 0 amide bonds. The summed E-state index contributed by atoms with van der Waals surface area (Å²) in [6.07, 6.45) is 3.68. The summed E-state index contributed by atoms with van der Waals surface area (Å²) in [7, 11) is 0. The van der Waals surface area contributed by atoms with E-state index in [-0.39, 0.29) is 6.04 Å². The van der Waals surface area contributed by atoms with E-state index < -0.39 is 0 Å². The molecule has 1 aromatic rings. The Morgan fingerprint density at radius 2 is 2.17 bits per heavy atom. The molecule has 2 nitrogen and oxygen atoms in total. The van der Waals surface area contributed by atoms with Gasteiger partial charge in [0.1, 0.15) is 0 Å². The van der Waals surface area contributed by atoms with E-state index in [2.05, 4.69) is 11.8 Å². The zero-order valence-corrected chi connectivity index (χ0v) is 12.2. The molecule has 18 heavy (non-hydrogen) atoms. The lowest BCUT2D eigenvalue weighted by Crippen LogP contribution is -2.48. The summed E-state index contributed by atoms with van der Waals surface area (Å²) < 4.78 is 0. The second kappa shape index (κ2) is 6.25. The second-order valence-corrected chi connectivity index (χ2v) is 5.97. The summed E-state index contributed by atoms with van der Waals surface area (Å²) in [6, 6.07) is 6.30. The first-order valence-electron chi connectivity index (χ1n) is 6.51. The highest BCUT2D eigenvalue weighted by Gasteiger charge is 2.25. The van der Waals surface area contributed by atoms with Crippen molar-refractivity contribution in [3.8, 4) is 0 Å². The maximum atomic E-state index is 6.23. The molecule has 0 bridgehead atoms. The van der Waals surface area contributed by atoms with Gasteiger partial charge in [-0.25, -0.2) is 0 Å². The van der Waals surface area contributed by atoms with E-state index in [9.17, 15) is 0 Å². The molecule has 100 valence electrons. The molecule has 1 fully saturated rings. The van der Waals surface area contributed by atoms with Crippen molar-refractivity contribution in [2.24, 2.45) is 5.73 Å². The zero-order chi connectivity index (χ0) is 13.1. The summed E-state index contributed by atoms with van der Waals surface area (Å²) in [6.45, 7) is 4.02. The predicted molar refractivity (Wildman–Crippen MR) is 78.2 cm³/mol. The summed E-state index contributed by atoms with van der Waals surface area (Å²) >= 11 is 12.3. The van der Waals surface area contributed by atoms with Crippen molar-refractivity contribution in [1.29, 1.82) is 0 Å². The number of halogens is 2. The Balaban J connectivity index is 2.13. The molecule has 4 heteroatoms. The van der Waals surface area contributed by atoms with Crippen LogP contribution in [0, 0.1) is 0 Å². The summed E-state index contributed by atoms with van der Waals surface area (Å²) in [5.74, 6) is 0. The smallest absolute Gasteiger partial charge is 0.0452 e. The number of rotatable bonds is 3. The van der Waals surface area contributed by atoms with Crippen LogP contribution in [-0.2, 0) is 6.54 Å². The molecular formula is C14H20Cl2N2. The van der Waals surface area contributed by atoms with Gasteiger partial charge in [-0.2, -0.15) is 0 Å². The number of nitrogens with zero attached hydrogens (tertiary/aromatic N) is 1. The molecule has 0 radical (unpaired) electrons. The third kappa shape index (κ3) is 3.39. The van der Waals surface area contributed by atoms with Gasteiger partial charge in [-0.1, -0.05) is 29.6 Å². The molecule has 1 aliphatic heterocycles. The lowest BCUT2D eigenvalue weighted by molar-refractivity contribution is 0.123. The number of benzene rings is 1. The van der Waals surface area contributed by atoms with Crippen LogP contribution in [-0.4, -0.2) is 23.5 Å². The Labute approximate surface area is 119 Å². The topological polar surface area (TPSA) is 29.3 Å². The molecule has 1 heterocycles. The predicted octanol–water partition coefficient (Wildman–Crippen LogP) is 3.70. The normalized spacial score (nSPS) is 23.0. The van der Waals surface area contributed by atoms with Crippen LogP contribution in [0.1, 0.15) is 31.7 Å². The summed E-state index contributed by atoms with van der Waals surface area (Å²) in [4.78, 5) is 2.44. The third-order valence-corrected chi connectivity index (χ3v) is 4.26. The Kier molecular flexibility index (Phi) is 4.91. The van der Waals surface area contributed by atoms with Crippen molar-refractivity contribution in [2.45, 2.75) is 44.8 Å². The Bertz CT molecular complexity index is 407. The number of hydrogen-bond acceptors (Lipinski definition) is 2. The van der Waals surface area contributed by atoms with Gasteiger partial charge in [-0.3, -0.25) is 4.90 Å². The van der Waals surface area contributed by atoms with E-state index in [1.54, 1.807) is 0 Å². The average Bonchev–Trinajstić information content (AvgIpc) is 2.34. The first-order chi connectivity index (χ1) is 8.58. The Morgan fingerprint density at radius 1 is 1.39 bits per heavy atom. The van der Waals surface area contributed by atoms with Crippen LogP contribution in [0.4, 0.5) is 0 Å². The number of piperidine rings is 1. The van der Waals surface area contributed by atoms with Crippen molar-refractivity contribution in [3.63, 3.8) is 0 Å². The van der Waals surface area contributed by atoms with Crippen LogP contribution in [0.25, 0.3) is 0 Å². The van der Waals surface area contributed by atoms with Gasteiger partial charge in [-0.05, 0) is 50.1 Å². The minimum atomic E-state index is 0.197. The Morgan fingerprint density at radius 3 is 2.89 bits per heavy atom. The lowest BCUT2D eigenvalue weighted by atomic mass is 9.96. The summed E-state index contributed by atoms with van der Waals surface area (Å²) in [5, 5.41) is 1.53. The fraction of sp³-hybridized carbons (Fsp3) is 0.571. The molecule has 1 aromatic carbocycles. The van der Waals surface area contributed by atoms with Crippen molar-refractivity contribution in [2.75, 3.05) is 6.54 Å². The van der Waals surface area contributed by atoms with E-state index >= 15 is 0 Å². The SMILES string of the molecule is CC(N)C1CCCCN1Cc1cc(Cl)ccc1Cl. The zero-order valence-electron chi connectivity index (χ0n) is 10.7. The largest absolute Gasteiger partial charge is 0.327 e. The minimum Gasteiger partial charge on any atom is -0.327 e. The third-order valence-electron chi connectivity index (χ3n) is 3.65. The van der Waals surface area contributed by atoms with E-state index in [0.717, 1.165) is 28.7 Å². The van der Waals surface area contributed by atoms with Gasteiger partial charge < -0.3 is 5.73 Å². The van der Waals surface area contributed by atoms with Gasteiger partial charge in [0.05, 0.1) is 0 Å². The van der Waals surface area contributed by atoms with Crippen LogP contribution >= 0.6 is 23.2 Å². The van der Waals surface area contributed by atoms with Gasteiger partial charge in [-0.15, -0.1) is 0 Å². The van der Waals surface area contributed by atoms with Crippen molar-refractivity contribution in [3.05, 3.63) is 33.8 Å². The van der Waals surface area contributed by atoms with E-state index in [0.29, 0.717) is 6.04 Å². The molecule has 2 N–H and O–H groups in total. The van der Waals surface area contributed by atoms with Crippen LogP contribution in [0.5, 0.6) is 0 Å².